The van der Waals surface area contributed by atoms with Crippen molar-refractivity contribution >= 4 is 5.91 Å². The van der Waals surface area contributed by atoms with Gasteiger partial charge in [-0.1, -0.05) is 18.7 Å². The quantitative estimate of drug-likeness (QED) is 0.849. The summed E-state index contributed by atoms with van der Waals surface area (Å²) >= 11 is 0. The van der Waals surface area contributed by atoms with E-state index < -0.39 is 24.1 Å². The number of carbonyl (C=O) groups excluding carboxylic acids is 1. The van der Waals surface area contributed by atoms with E-state index in [2.05, 4.69) is 6.58 Å². The summed E-state index contributed by atoms with van der Waals surface area (Å²) in [7, 11) is 0. The summed E-state index contributed by atoms with van der Waals surface area (Å²) in [5.41, 5.74) is 0.938. The van der Waals surface area contributed by atoms with Crippen molar-refractivity contribution in [1.29, 1.82) is 0 Å². The Balaban J connectivity index is 2.13. The van der Waals surface area contributed by atoms with E-state index >= 15 is 0 Å². The van der Waals surface area contributed by atoms with Crippen LogP contribution in [0.25, 0.3) is 0 Å². The largest absolute Gasteiger partial charge is 0.393 e. The number of carbonyl (C=O) groups is 1. The summed E-state index contributed by atoms with van der Waals surface area (Å²) < 4.78 is 27.2. The first-order chi connectivity index (χ1) is 10.4. The highest BCUT2D eigenvalue weighted by Crippen LogP contribution is 2.35. The second kappa shape index (κ2) is 7.01. The fraction of sp³-hybridized carbons (Fsp3) is 0.471. The molecule has 1 heterocycles. The van der Waals surface area contributed by atoms with Crippen LogP contribution in [0.3, 0.4) is 0 Å². The van der Waals surface area contributed by atoms with Crippen LogP contribution in [-0.4, -0.2) is 34.7 Å². The first-order valence-electron chi connectivity index (χ1n) is 7.45. The lowest BCUT2D eigenvalue weighted by Crippen LogP contribution is -2.32. The van der Waals surface area contributed by atoms with Crippen molar-refractivity contribution in [3.05, 3.63) is 47.8 Å². The Morgan fingerprint density at radius 1 is 1.55 bits per heavy atom. The second-order valence-electron chi connectivity index (χ2n) is 5.85. The van der Waals surface area contributed by atoms with Gasteiger partial charge in [0.15, 0.2) is 0 Å². The summed E-state index contributed by atoms with van der Waals surface area (Å²) in [6.07, 6.45) is -0.682. The van der Waals surface area contributed by atoms with Crippen molar-refractivity contribution in [3.8, 4) is 0 Å². The fourth-order valence-corrected chi connectivity index (χ4v) is 2.73. The maximum Gasteiger partial charge on any atom is 0.249 e. The topological polar surface area (TPSA) is 40.5 Å². The van der Waals surface area contributed by atoms with Crippen LogP contribution in [0.15, 0.2) is 36.4 Å². The lowest BCUT2D eigenvalue weighted by Gasteiger charge is -2.25. The first kappa shape index (κ1) is 16.6. The van der Waals surface area contributed by atoms with Crippen LogP contribution in [0.2, 0.25) is 0 Å². The van der Waals surface area contributed by atoms with Gasteiger partial charge in [-0.2, -0.15) is 0 Å². The Morgan fingerprint density at radius 2 is 2.27 bits per heavy atom. The predicted octanol–water partition coefficient (Wildman–Crippen LogP) is 3.15. The van der Waals surface area contributed by atoms with Crippen LogP contribution in [0, 0.1) is 5.82 Å². The van der Waals surface area contributed by atoms with E-state index in [1.165, 1.54) is 17.0 Å². The highest BCUT2D eigenvalue weighted by atomic mass is 19.1. The molecule has 0 aromatic heterocycles. The molecule has 5 heteroatoms. The molecule has 1 aliphatic rings. The van der Waals surface area contributed by atoms with Crippen molar-refractivity contribution in [2.75, 3.05) is 6.54 Å². The van der Waals surface area contributed by atoms with Crippen molar-refractivity contribution in [2.45, 2.75) is 44.5 Å². The molecule has 1 N–H and O–H groups in total. The molecule has 120 valence electrons. The Kier molecular flexibility index (Phi) is 5.29. The molecule has 3 atom stereocenters. The molecule has 0 aliphatic carbocycles. The number of rotatable bonds is 5. The van der Waals surface area contributed by atoms with Crippen molar-refractivity contribution in [1.82, 2.24) is 4.90 Å². The molecule has 1 aromatic carbocycles. The SMILES string of the molecule is C=C(CCC(C)O)C(=O)N1CC(F)CC1c1cccc(F)c1. The number of hydrogen-bond donors (Lipinski definition) is 1. The third-order valence-corrected chi connectivity index (χ3v) is 3.91. The normalized spacial score (nSPS) is 22.6. The van der Waals surface area contributed by atoms with Crippen molar-refractivity contribution in [3.63, 3.8) is 0 Å². The molecular formula is C17H21F2NO2. The standard InChI is InChI=1S/C17H21F2NO2/c1-11(6-7-12(2)21)17(22)20-10-15(19)9-16(20)13-4-3-5-14(18)8-13/h3-5,8,12,15-16,21H,1,6-7,9-10H2,2H3. The number of alkyl halides is 1. The molecule has 0 bridgehead atoms. The lowest BCUT2D eigenvalue weighted by molar-refractivity contribution is -0.128. The Bertz CT molecular complexity index is 559. The molecule has 1 fully saturated rings. The maximum absolute atomic E-state index is 13.8. The Morgan fingerprint density at radius 3 is 2.91 bits per heavy atom. The zero-order valence-corrected chi connectivity index (χ0v) is 12.6. The van der Waals surface area contributed by atoms with Crippen molar-refractivity contribution in [2.24, 2.45) is 0 Å². The fourth-order valence-electron chi connectivity index (χ4n) is 2.73. The van der Waals surface area contributed by atoms with E-state index in [1.807, 2.05) is 0 Å². The van der Waals surface area contributed by atoms with Crippen LogP contribution in [-0.2, 0) is 4.79 Å². The summed E-state index contributed by atoms with van der Waals surface area (Å²) in [6, 6.07) is 5.44. The minimum Gasteiger partial charge on any atom is -0.393 e. The van der Waals surface area contributed by atoms with Gasteiger partial charge < -0.3 is 10.0 Å². The molecular weight excluding hydrogens is 288 g/mol. The van der Waals surface area contributed by atoms with Gasteiger partial charge in [0.05, 0.1) is 18.7 Å². The molecule has 1 aromatic rings. The van der Waals surface area contributed by atoms with Gasteiger partial charge >= 0.3 is 0 Å². The summed E-state index contributed by atoms with van der Waals surface area (Å²) in [5.74, 6) is -0.727. The Hall–Kier alpha value is -1.75. The average molecular weight is 309 g/mol. The van der Waals surface area contributed by atoms with E-state index in [1.54, 1.807) is 19.1 Å². The molecule has 1 amide bonds. The second-order valence-corrected chi connectivity index (χ2v) is 5.85. The van der Waals surface area contributed by atoms with E-state index in [4.69, 9.17) is 0 Å². The number of halogens is 2. The van der Waals surface area contributed by atoms with E-state index in [0.717, 1.165) is 0 Å². The lowest BCUT2D eigenvalue weighted by atomic mass is 10.0. The van der Waals surface area contributed by atoms with E-state index in [9.17, 15) is 18.7 Å². The van der Waals surface area contributed by atoms with Crippen LogP contribution >= 0.6 is 0 Å². The summed E-state index contributed by atoms with van der Waals surface area (Å²) in [5, 5.41) is 9.28. The average Bonchev–Trinajstić information content (AvgIpc) is 2.86. The molecule has 22 heavy (non-hydrogen) atoms. The molecule has 0 saturated carbocycles. The zero-order chi connectivity index (χ0) is 16.3. The van der Waals surface area contributed by atoms with Gasteiger partial charge in [-0.25, -0.2) is 8.78 Å². The van der Waals surface area contributed by atoms with Crippen LogP contribution < -0.4 is 0 Å². The molecule has 0 radical (unpaired) electrons. The van der Waals surface area contributed by atoms with E-state index in [-0.39, 0.29) is 18.9 Å². The monoisotopic (exact) mass is 309 g/mol. The molecule has 2 rings (SSSR count). The third kappa shape index (κ3) is 3.91. The number of amides is 1. The highest BCUT2D eigenvalue weighted by molar-refractivity contribution is 5.93. The van der Waals surface area contributed by atoms with E-state index in [0.29, 0.717) is 24.0 Å². The number of aliphatic hydroxyl groups excluding tert-OH is 1. The highest BCUT2D eigenvalue weighted by Gasteiger charge is 2.37. The molecule has 1 saturated heterocycles. The van der Waals surface area contributed by atoms with Gasteiger partial charge in [0.1, 0.15) is 12.0 Å². The first-order valence-corrected chi connectivity index (χ1v) is 7.45. The number of likely N-dealkylation sites (tertiary alicyclic amines) is 1. The predicted molar refractivity (Wildman–Crippen MR) is 80.4 cm³/mol. The number of nitrogens with zero attached hydrogens (tertiary/aromatic N) is 1. The van der Waals surface area contributed by atoms with Crippen LogP contribution in [0.4, 0.5) is 8.78 Å². The van der Waals surface area contributed by atoms with Crippen LogP contribution in [0.1, 0.15) is 37.8 Å². The van der Waals surface area contributed by atoms with Gasteiger partial charge in [-0.3, -0.25) is 4.79 Å². The van der Waals surface area contributed by atoms with Gasteiger partial charge in [-0.05, 0) is 37.5 Å². The molecule has 3 unspecified atom stereocenters. The maximum atomic E-state index is 13.8. The molecule has 0 spiro atoms. The molecule has 3 nitrogen and oxygen atoms in total. The Labute approximate surface area is 129 Å². The minimum absolute atomic E-state index is 0.00624. The van der Waals surface area contributed by atoms with Gasteiger partial charge in [0, 0.05) is 12.0 Å². The van der Waals surface area contributed by atoms with Gasteiger partial charge in [0.25, 0.3) is 0 Å². The summed E-state index contributed by atoms with van der Waals surface area (Å²) in [4.78, 5) is 13.9. The third-order valence-electron chi connectivity index (χ3n) is 3.91. The molecule has 1 aliphatic heterocycles. The number of hydrogen-bond acceptors (Lipinski definition) is 2. The summed E-state index contributed by atoms with van der Waals surface area (Å²) in [6.45, 7) is 5.38. The minimum atomic E-state index is -1.12. The van der Waals surface area contributed by atoms with Crippen LogP contribution in [0.5, 0.6) is 0 Å². The van der Waals surface area contributed by atoms with Gasteiger partial charge in [0.2, 0.25) is 5.91 Å². The van der Waals surface area contributed by atoms with Crippen molar-refractivity contribution < 1.29 is 18.7 Å². The number of benzene rings is 1. The smallest absolute Gasteiger partial charge is 0.249 e. The van der Waals surface area contributed by atoms with Gasteiger partial charge in [-0.15, -0.1) is 0 Å². The zero-order valence-electron chi connectivity index (χ0n) is 12.6. The number of aliphatic hydroxyl groups is 1.